The average Bonchev–Trinajstić information content (AvgIpc) is 2.90. The van der Waals surface area contributed by atoms with Crippen molar-refractivity contribution in [2.24, 2.45) is 7.05 Å². The molecule has 0 saturated carbocycles. The third-order valence-electron chi connectivity index (χ3n) is 4.16. The van der Waals surface area contributed by atoms with Crippen LogP contribution in [-0.2, 0) is 11.8 Å². The molecular formula is C18H18F4N2O5. The zero-order valence-electron chi connectivity index (χ0n) is 15.9. The number of carboxylic acids is 1. The Morgan fingerprint density at radius 1 is 1.31 bits per heavy atom. The summed E-state index contributed by atoms with van der Waals surface area (Å²) in [4.78, 5) is 27.3. The average molecular weight is 418 g/mol. The number of aromatic carboxylic acids is 1. The lowest BCUT2D eigenvalue weighted by Gasteiger charge is -2.19. The second-order valence-corrected chi connectivity index (χ2v) is 6.08. The highest BCUT2D eigenvalue weighted by molar-refractivity contribution is 5.92. The van der Waals surface area contributed by atoms with Gasteiger partial charge in [0.1, 0.15) is 23.0 Å². The van der Waals surface area contributed by atoms with Crippen LogP contribution in [0.15, 0.2) is 12.1 Å². The summed E-state index contributed by atoms with van der Waals surface area (Å²) in [6.45, 7) is 3.89. The van der Waals surface area contributed by atoms with Crippen LogP contribution in [0.1, 0.15) is 40.4 Å². The normalized spacial score (nSPS) is 12.6. The molecule has 7 nitrogen and oxygen atoms in total. The molecule has 1 aromatic carbocycles. The number of hydrogen-bond donors (Lipinski definition) is 1. The van der Waals surface area contributed by atoms with E-state index >= 15 is 0 Å². The molecule has 0 saturated heterocycles. The molecule has 11 heteroatoms. The molecule has 2 aromatic rings. The molecule has 0 aliphatic carbocycles. The van der Waals surface area contributed by atoms with Gasteiger partial charge in [0.25, 0.3) is 0 Å². The zero-order valence-corrected chi connectivity index (χ0v) is 15.9. The van der Waals surface area contributed by atoms with Gasteiger partial charge in [-0.05, 0) is 32.9 Å². The van der Waals surface area contributed by atoms with Crippen LogP contribution >= 0.6 is 0 Å². The number of hydrogen-bond acceptors (Lipinski definition) is 5. The van der Waals surface area contributed by atoms with Gasteiger partial charge in [-0.1, -0.05) is 0 Å². The minimum absolute atomic E-state index is 0.0825. The number of esters is 1. The van der Waals surface area contributed by atoms with Gasteiger partial charge < -0.3 is 19.1 Å². The van der Waals surface area contributed by atoms with Crippen LogP contribution in [-0.4, -0.2) is 45.5 Å². The van der Waals surface area contributed by atoms with Crippen molar-refractivity contribution in [3.8, 4) is 17.1 Å². The fourth-order valence-corrected chi connectivity index (χ4v) is 2.46. The number of nitrogens with zero attached hydrogens (tertiary/aromatic N) is 2. The molecule has 29 heavy (non-hydrogen) atoms. The fourth-order valence-electron chi connectivity index (χ4n) is 2.46. The maximum absolute atomic E-state index is 14.6. The van der Waals surface area contributed by atoms with Crippen molar-refractivity contribution in [2.45, 2.75) is 33.1 Å². The predicted octanol–water partition coefficient (Wildman–Crippen LogP) is 3.74. The third-order valence-corrected chi connectivity index (χ3v) is 4.16. The Morgan fingerprint density at radius 2 is 1.93 bits per heavy atom. The van der Waals surface area contributed by atoms with Crippen LogP contribution in [0, 0.1) is 12.7 Å². The van der Waals surface area contributed by atoms with Crippen molar-refractivity contribution in [3.05, 3.63) is 34.9 Å². The Balaban J connectivity index is 2.62. The first-order valence-corrected chi connectivity index (χ1v) is 8.39. The molecule has 1 N–H and O–H groups in total. The maximum atomic E-state index is 14.6. The van der Waals surface area contributed by atoms with E-state index in [1.165, 1.54) is 18.5 Å². The minimum atomic E-state index is -4.76. The first kappa shape index (κ1) is 22.2. The lowest BCUT2D eigenvalue weighted by molar-refractivity contribution is -0.189. The Bertz CT molecular complexity index is 953. The highest BCUT2D eigenvalue weighted by Gasteiger charge is 2.39. The SMILES string of the molecule is CCOC(=O)c1nc(-c2cc(O[C@@H](C)C(F)(F)F)c(C(=O)O)cc2F)n(C)c1C. The van der Waals surface area contributed by atoms with E-state index in [0.29, 0.717) is 18.7 Å². The summed E-state index contributed by atoms with van der Waals surface area (Å²) in [6, 6.07) is 1.36. The van der Waals surface area contributed by atoms with E-state index in [-0.39, 0.29) is 23.7 Å². The van der Waals surface area contributed by atoms with E-state index in [1.807, 2.05) is 0 Å². The molecule has 1 atom stereocenters. The third kappa shape index (κ3) is 4.49. The number of carbonyl (C=O) groups is 2. The number of ether oxygens (including phenoxy) is 2. The number of benzene rings is 1. The van der Waals surface area contributed by atoms with Gasteiger partial charge in [0.05, 0.1) is 12.2 Å². The van der Waals surface area contributed by atoms with Gasteiger partial charge in [-0.2, -0.15) is 13.2 Å². The second-order valence-electron chi connectivity index (χ2n) is 6.08. The molecule has 0 aliphatic heterocycles. The van der Waals surface area contributed by atoms with Crippen LogP contribution in [0.25, 0.3) is 11.4 Å². The molecule has 0 aliphatic rings. The van der Waals surface area contributed by atoms with Gasteiger partial charge in [0, 0.05) is 12.7 Å². The number of imidazole rings is 1. The Morgan fingerprint density at radius 3 is 2.45 bits per heavy atom. The van der Waals surface area contributed by atoms with E-state index in [2.05, 4.69) is 4.98 Å². The zero-order chi connectivity index (χ0) is 22.1. The van der Waals surface area contributed by atoms with Gasteiger partial charge in [-0.25, -0.2) is 19.0 Å². The maximum Gasteiger partial charge on any atom is 0.425 e. The first-order valence-electron chi connectivity index (χ1n) is 8.39. The quantitative estimate of drug-likeness (QED) is 0.568. The highest BCUT2D eigenvalue weighted by Crippen LogP contribution is 2.33. The van der Waals surface area contributed by atoms with E-state index < -0.39 is 41.3 Å². The van der Waals surface area contributed by atoms with Crippen molar-refractivity contribution in [3.63, 3.8) is 0 Å². The fraction of sp³-hybridized carbons (Fsp3) is 0.389. The van der Waals surface area contributed by atoms with Crippen molar-refractivity contribution in [1.29, 1.82) is 0 Å². The summed E-state index contributed by atoms with van der Waals surface area (Å²) < 4.78 is 64.1. The lowest BCUT2D eigenvalue weighted by atomic mass is 10.1. The summed E-state index contributed by atoms with van der Waals surface area (Å²) in [6.07, 6.45) is -7.10. The highest BCUT2D eigenvalue weighted by atomic mass is 19.4. The molecule has 0 fully saturated rings. The molecule has 0 bridgehead atoms. The number of aromatic nitrogens is 2. The van der Waals surface area contributed by atoms with Crippen LogP contribution in [0.2, 0.25) is 0 Å². The van der Waals surface area contributed by atoms with Crippen LogP contribution in [0.5, 0.6) is 5.75 Å². The monoisotopic (exact) mass is 418 g/mol. The standard InChI is InChI=1S/C18H18F4N2O5/c1-5-28-17(27)14-8(2)24(4)15(23-14)10-7-13(29-9(3)18(20,21)22)11(16(25)26)6-12(10)19/h6-7,9H,5H2,1-4H3,(H,25,26)/t9-/m0/s1. The van der Waals surface area contributed by atoms with Gasteiger partial charge >= 0.3 is 18.1 Å². The molecule has 0 amide bonds. The van der Waals surface area contributed by atoms with Gasteiger partial charge in [0.15, 0.2) is 11.8 Å². The molecule has 0 unspecified atom stereocenters. The van der Waals surface area contributed by atoms with Crippen LogP contribution in [0.3, 0.4) is 0 Å². The molecule has 0 spiro atoms. The van der Waals surface area contributed by atoms with Crippen molar-refractivity contribution in [2.75, 3.05) is 6.61 Å². The van der Waals surface area contributed by atoms with Crippen LogP contribution < -0.4 is 4.74 Å². The van der Waals surface area contributed by atoms with E-state index in [1.54, 1.807) is 6.92 Å². The summed E-state index contributed by atoms with van der Waals surface area (Å²) in [5.74, 6) is -4.26. The van der Waals surface area contributed by atoms with E-state index in [9.17, 15) is 32.3 Å². The summed E-state index contributed by atoms with van der Waals surface area (Å²) in [5, 5.41) is 9.19. The topological polar surface area (TPSA) is 90.7 Å². The van der Waals surface area contributed by atoms with Gasteiger partial charge in [0.2, 0.25) is 0 Å². The number of alkyl halides is 3. The largest absolute Gasteiger partial charge is 0.480 e. The van der Waals surface area contributed by atoms with Crippen molar-refractivity contribution >= 4 is 11.9 Å². The van der Waals surface area contributed by atoms with Gasteiger partial charge in [-0.3, -0.25) is 0 Å². The van der Waals surface area contributed by atoms with E-state index in [0.717, 1.165) is 6.07 Å². The van der Waals surface area contributed by atoms with Crippen molar-refractivity contribution < 1.29 is 41.7 Å². The molecule has 0 radical (unpaired) electrons. The summed E-state index contributed by atoms with van der Waals surface area (Å²) >= 11 is 0. The first-order chi connectivity index (χ1) is 13.4. The Labute approximate surface area is 162 Å². The molecule has 158 valence electrons. The molecule has 2 rings (SSSR count). The lowest BCUT2D eigenvalue weighted by Crippen LogP contribution is -2.31. The Hall–Kier alpha value is -3.11. The predicted molar refractivity (Wildman–Crippen MR) is 92.4 cm³/mol. The molecule has 1 heterocycles. The number of carboxylic acid groups (broad SMARTS) is 1. The van der Waals surface area contributed by atoms with Crippen LogP contribution in [0.4, 0.5) is 17.6 Å². The minimum Gasteiger partial charge on any atom is -0.480 e. The smallest absolute Gasteiger partial charge is 0.425 e. The number of halogens is 4. The number of rotatable bonds is 6. The Kier molecular flexibility index (Phi) is 6.19. The summed E-state index contributed by atoms with van der Waals surface area (Å²) in [7, 11) is 1.46. The van der Waals surface area contributed by atoms with Crippen molar-refractivity contribution in [1.82, 2.24) is 9.55 Å². The number of carbonyl (C=O) groups excluding carboxylic acids is 1. The van der Waals surface area contributed by atoms with E-state index in [4.69, 9.17) is 9.47 Å². The summed E-state index contributed by atoms with van der Waals surface area (Å²) in [5.41, 5.74) is -0.886. The van der Waals surface area contributed by atoms with Gasteiger partial charge in [-0.15, -0.1) is 0 Å². The molecule has 1 aromatic heterocycles. The molecular weight excluding hydrogens is 400 g/mol. The second kappa shape index (κ2) is 8.10.